The van der Waals surface area contributed by atoms with Crippen LogP contribution in [-0.4, -0.2) is 13.0 Å². The van der Waals surface area contributed by atoms with Crippen molar-refractivity contribution in [1.29, 1.82) is 0 Å². The minimum atomic E-state index is -4.36. The van der Waals surface area contributed by atoms with Crippen molar-refractivity contribution in [3.05, 3.63) is 35.4 Å². The molecule has 0 aliphatic carbocycles. The lowest BCUT2D eigenvalue weighted by atomic mass is 9.91. The second kappa shape index (κ2) is 14.6. The summed E-state index contributed by atoms with van der Waals surface area (Å²) in [6.07, 6.45) is 17.9. The van der Waals surface area contributed by atoms with Crippen molar-refractivity contribution in [2.45, 2.75) is 121 Å². The van der Waals surface area contributed by atoms with Crippen molar-refractivity contribution in [2.24, 2.45) is 0 Å². The van der Waals surface area contributed by atoms with E-state index in [1.165, 1.54) is 57.8 Å². The number of nitrogens with two attached hydrogens (primary N) is 1. The van der Waals surface area contributed by atoms with E-state index in [2.05, 4.69) is 13.8 Å². The van der Waals surface area contributed by atoms with Crippen LogP contribution in [0.4, 0.5) is 5.69 Å². The molecule has 0 spiro atoms. The first-order chi connectivity index (χ1) is 15.9. The fraction of sp³-hybridized carbons (Fsp3) is 0.643. The fourth-order valence-corrected chi connectivity index (χ4v) is 5.90. The molecular weight excluding hydrogens is 430 g/mol. The predicted molar refractivity (Wildman–Crippen MR) is 142 cm³/mol. The number of fused-ring (bicyclic) bond motifs is 1. The van der Waals surface area contributed by atoms with E-state index in [-0.39, 0.29) is 4.90 Å². The van der Waals surface area contributed by atoms with Crippen LogP contribution >= 0.6 is 0 Å². The van der Waals surface area contributed by atoms with E-state index in [4.69, 9.17) is 5.73 Å². The highest BCUT2D eigenvalue weighted by atomic mass is 32.2. The maximum atomic E-state index is 12.5. The molecule has 0 amide bonds. The Morgan fingerprint density at radius 1 is 0.667 bits per heavy atom. The van der Waals surface area contributed by atoms with Crippen LogP contribution in [0.2, 0.25) is 0 Å². The van der Waals surface area contributed by atoms with E-state index in [1.54, 1.807) is 6.07 Å². The van der Waals surface area contributed by atoms with Gasteiger partial charge in [-0.25, -0.2) is 0 Å². The zero-order valence-corrected chi connectivity index (χ0v) is 21.7. The standard InChI is InChI=1S/C28H45NO3S/c1-3-5-7-9-11-13-15-19-23-25(21-16-14-12-10-8-6-4-2)28(33(30,31)32)26-22-18-17-20-24(26)27(23)29/h17-18,20,22H,3-16,19,21,29H2,1-2H3,(H,30,31,32). The Balaban J connectivity index is 2.24. The topological polar surface area (TPSA) is 80.4 Å². The lowest BCUT2D eigenvalue weighted by Crippen LogP contribution is -2.11. The molecule has 3 N–H and O–H groups in total. The summed E-state index contributed by atoms with van der Waals surface area (Å²) in [6.45, 7) is 4.44. The van der Waals surface area contributed by atoms with Crippen LogP contribution in [0.1, 0.15) is 115 Å². The molecule has 0 unspecified atom stereocenters. The minimum Gasteiger partial charge on any atom is -0.398 e. The molecule has 2 aromatic carbocycles. The molecule has 0 saturated heterocycles. The van der Waals surface area contributed by atoms with E-state index < -0.39 is 10.1 Å². The quantitative estimate of drug-likeness (QED) is 0.137. The molecule has 0 heterocycles. The Morgan fingerprint density at radius 2 is 1.09 bits per heavy atom. The highest BCUT2D eigenvalue weighted by Gasteiger charge is 2.24. The predicted octanol–water partition coefficient (Wildman–Crippen LogP) is 8.25. The number of hydrogen-bond donors (Lipinski definition) is 2. The highest BCUT2D eigenvalue weighted by Crippen LogP contribution is 2.37. The van der Waals surface area contributed by atoms with Gasteiger partial charge in [0.05, 0.1) is 0 Å². The van der Waals surface area contributed by atoms with Crippen molar-refractivity contribution in [2.75, 3.05) is 5.73 Å². The monoisotopic (exact) mass is 475 g/mol. The van der Waals surface area contributed by atoms with E-state index in [1.807, 2.05) is 18.2 Å². The van der Waals surface area contributed by atoms with Gasteiger partial charge in [-0.3, -0.25) is 4.55 Å². The van der Waals surface area contributed by atoms with Crippen LogP contribution in [0.25, 0.3) is 10.8 Å². The largest absolute Gasteiger partial charge is 0.398 e. The van der Waals surface area contributed by atoms with Gasteiger partial charge in [-0.15, -0.1) is 0 Å². The lowest BCUT2D eigenvalue weighted by Gasteiger charge is -2.19. The number of benzene rings is 2. The van der Waals surface area contributed by atoms with Crippen LogP contribution in [0.15, 0.2) is 29.2 Å². The maximum absolute atomic E-state index is 12.5. The summed E-state index contributed by atoms with van der Waals surface area (Å²) in [4.78, 5) is 0.0798. The molecule has 0 aliphatic heterocycles. The summed E-state index contributed by atoms with van der Waals surface area (Å²) in [5, 5.41) is 1.27. The average molecular weight is 476 g/mol. The molecule has 33 heavy (non-hydrogen) atoms. The van der Waals surface area contributed by atoms with Crippen LogP contribution in [0, 0.1) is 0 Å². The summed E-state index contributed by atoms with van der Waals surface area (Å²) >= 11 is 0. The van der Waals surface area contributed by atoms with E-state index in [9.17, 15) is 13.0 Å². The first-order valence-corrected chi connectivity index (χ1v) is 14.6. The summed E-state index contributed by atoms with van der Waals surface area (Å²) in [7, 11) is -4.36. The Labute approximate surface area is 202 Å². The fourth-order valence-electron chi connectivity index (χ4n) is 4.90. The molecule has 0 saturated carbocycles. The third kappa shape index (κ3) is 8.60. The molecule has 0 bridgehead atoms. The van der Waals surface area contributed by atoms with Crippen molar-refractivity contribution < 1.29 is 13.0 Å². The molecule has 5 heteroatoms. The van der Waals surface area contributed by atoms with Gasteiger partial charge in [0, 0.05) is 16.5 Å². The van der Waals surface area contributed by atoms with Crippen molar-refractivity contribution in [3.8, 4) is 0 Å². The van der Waals surface area contributed by atoms with Crippen LogP contribution < -0.4 is 5.73 Å². The maximum Gasteiger partial charge on any atom is 0.295 e. The molecule has 0 atom stereocenters. The molecule has 0 fully saturated rings. The van der Waals surface area contributed by atoms with E-state index in [0.717, 1.165) is 55.0 Å². The van der Waals surface area contributed by atoms with Gasteiger partial charge >= 0.3 is 0 Å². The van der Waals surface area contributed by atoms with E-state index >= 15 is 0 Å². The number of anilines is 1. The Hall–Kier alpha value is -1.59. The van der Waals surface area contributed by atoms with Gasteiger partial charge in [-0.05, 0) is 36.8 Å². The van der Waals surface area contributed by atoms with Gasteiger partial charge < -0.3 is 5.73 Å². The van der Waals surface area contributed by atoms with Crippen molar-refractivity contribution >= 4 is 26.6 Å². The number of rotatable bonds is 17. The molecule has 0 aliphatic rings. The van der Waals surface area contributed by atoms with Gasteiger partial charge in [0.2, 0.25) is 0 Å². The third-order valence-electron chi connectivity index (χ3n) is 6.74. The zero-order chi connectivity index (χ0) is 24.1. The van der Waals surface area contributed by atoms with Gasteiger partial charge in [-0.2, -0.15) is 8.42 Å². The second-order valence-electron chi connectivity index (χ2n) is 9.46. The summed E-state index contributed by atoms with van der Waals surface area (Å²) in [5.41, 5.74) is 8.98. The zero-order valence-electron chi connectivity index (χ0n) is 20.9. The Morgan fingerprint density at radius 3 is 1.58 bits per heavy atom. The molecule has 0 radical (unpaired) electrons. The highest BCUT2D eigenvalue weighted by molar-refractivity contribution is 7.86. The molecule has 2 rings (SSSR count). The van der Waals surface area contributed by atoms with Crippen LogP contribution in [0.3, 0.4) is 0 Å². The van der Waals surface area contributed by atoms with Gasteiger partial charge in [0.25, 0.3) is 10.1 Å². The van der Waals surface area contributed by atoms with E-state index in [0.29, 0.717) is 17.5 Å². The van der Waals surface area contributed by atoms with Gasteiger partial charge in [0.15, 0.2) is 0 Å². The van der Waals surface area contributed by atoms with Crippen molar-refractivity contribution in [3.63, 3.8) is 0 Å². The SMILES string of the molecule is CCCCCCCCCc1c(CCCCCCCCC)c(S(=O)(=O)O)c2ccccc2c1N. The number of hydrogen-bond acceptors (Lipinski definition) is 3. The smallest absolute Gasteiger partial charge is 0.295 e. The summed E-state index contributed by atoms with van der Waals surface area (Å²) in [5.74, 6) is 0. The third-order valence-corrected chi connectivity index (χ3v) is 7.73. The average Bonchev–Trinajstić information content (AvgIpc) is 2.78. The summed E-state index contributed by atoms with van der Waals surface area (Å²) in [6, 6.07) is 7.32. The van der Waals surface area contributed by atoms with Crippen molar-refractivity contribution in [1.82, 2.24) is 0 Å². The molecule has 0 aromatic heterocycles. The minimum absolute atomic E-state index is 0.0798. The first kappa shape index (κ1) is 27.7. The molecule has 186 valence electrons. The number of nitrogen functional groups attached to an aromatic ring is 1. The Kier molecular flexibility index (Phi) is 12.3. The normalized spacial score (nSPS) is 12.0. The van der Waals surface area contributed by atoms with Gasteiger partial charge in [0.1, 0.15) is 4.90 Å². The number of unbranched alkanes of at least 4 members (excludes halogenated alkanes) is 12. The lowest BCUT2D eigenvalue weighted by molar-refractivity contribution is 0.482. The van der Waals surface area contributed by atoms with Crippen LogP contribution in [-0.2, 0) is 23.0 Å². The second-order valence-corrected chi connectivity index (χ2v) is 10.8. The Bertz CT molecular complexity index is 953. The molecule has 4 nitrogen and oxygen atoms in total. The van der Waals surface area contributed by atoms with Crippen LogP contribution in [0.5, 0.6) is 0 Å². The summed E-state index contributed by atoms with van der Waals surface area (Å²) < 4.78 is 35.3. The first-order valence-electron chi connectivity index (χ1n) is 13.2. The van der Waals surface area contributed by atoms with Gasteiger partial charge in [-0.1, -0.05) is 115 Å². The molecular formula is C28H45NO3S. The molecule has 2 aromatic rings.